The molecule has 0 bridgehead atoms. The molecule has 0 fully saturated rings. The summed E-state index contributed by atoms with van der Waals surface area (Å²) in [5.41, 5.74) is 1.09. The lowest BCUT2D eigenvalue weighted by Gasteiger charge is -2.10. The second kappa shape index (κ2) is 14.2. The van der Waals surface area contributed by atoms with E-state index in [4.69, 9.17) is 0 Å². The Balaban J connectivity index is 1.94. The van der Waals surface area contributed by atoms with Crippen LogP contribution >= 0.6 is 0 Å². The van der Waals surface area contributed by atoms with Crippen LogP contribution in [0.1, 0.15) is 89.5 Å². The molecule has 2 nitrogen and oxygen atoms in total. The summed E-state index contributed by atoms with van der Waals surface area (Å²) in [6.07, 6.45) is 13.8. The van der Waals surface area contributed by atoms with E-state index >= 15 is 0 Å². The van der Waals surface area contributed by atoms with Crippen LogP contribution in [-0.2, 0) is 11.2 Å². The number of Topliss-reactive ketones (excluding diaryl/α,β-unsaturated/α-hetero) is 1. The molecule has 0 aliphatic heterocycles. The van der Waals surface area contributed by atoms with Gasteiger partial charge in [-0.3, -0.25) is 4.79 Å². The van der Waals surface area contributed by atoms with E-state index in [0.717, 1.165) is 18.4 Å². The van der Waals surface area contributed by atoms with Gasteiger partial charge in [-0.25, -0.2) is 0 Å². The van der Waals surface area contributed by atoms with Crippen LogP contribution in [0.2, 0.25) is 0 Å². The average molecular weight is 333 g/mol. The fraction of sp³-hybridized carbons (Fsp3) is 0.682. The molecule has 0 aliphatic carbocycles. The molecule has 0 aromatic heterocycles. The van der Waals surface area contributed by atoms with Gasteiger partial charge < -0.3 is 5.11 Å². The fourth-order valence-corrected chi connectivity index (χ4v) is 3.13. The maximum Gasteiger partial charge on any atom is 0.135 e. The Bertz CT molecular complexity index is 413. The van der Waals surface area contributed by atoms with Gasteiger partial charge >= 0.3 is 0 Å². The summed E-state index contributed by atoms with van der Waals surface area (Å²) in [4.78, 5) is 11.9. The van der Waals surface area contributed by atoms with Crippen molar-refractivity contribution >= 4 is 5.78 Å². The molecule has 0 spiro atoms. The van der Waals surface area contributed by atoms with Crippen molar-refractivity contribution in [2.45, 2.75) is 96.5 Å². The molecule has 2 heteroatoms. The summed E-state index contributed by atoms with van der Waals surface area (Å²) in [7, 11) is 0. The molecule has 0 radical (unpaired) electrons. The molecule has 136 valence electrons. The monoisotopic (exact) mass is 332 g/mol. The highest BCUT2D eigenvalue weighted by Gasteiger charge is 2.11. The lowest BCUT2D eigenvalue weighted by molar-refractivity contribution is -0.121. The third kappa shape index (κ3) is 11.4. The van der Waals surface area contributed by atoms with Crippen molar-refractivity contribution in [3.05, 3.63) is 35.9 Å². The van der Waals surface area contributed by atoms with E-state index in [2.05, 4.69) is 6.92 Å². The summed E-state index contributed by atoms with van der Waals surface area (Å²) in [5, 5.41) is 10.0. The van der Waals surface area contributed by atoms with Crippen LogP contribution in [0.4, 0.5) is 0 Å². The van der Waals surface area contributed by atoms with Crippen LogP contribution < -0.4 is 0 Å². The van der Waals surface area contributed by atoms with Gasteiger partial charge in [-0.15, -0.1) is 0 Å². The van der Waals surface area contributed by atoms with E-state index in [1.54, 1.807) is 0 Å². The van der Waals surface area contributed by atoms with Gasteiger partial charge in [0.05, 0.1) is 6.10 Å². The third-order valence-corrected chi connectivity index (χ3v) is 4.59. The second-order valence-electron chi connectivity index (χ2n) is 7.02. The van der Waals surface area contributed by atoms with Crippen LogP contribution in [0.25, 0.3) is 0 Å². The molecule has 1 rings (SSSR count). The Hall–Kier alpha value is -1.15. The van der Waals surface area contributed by atoms with E-state index in [1.165, 1.54) is 51.4 Å². The summed E-state index contributed by atoms with van der Waals surface area (Å²) in [6, 6.07) is 9.89. The van der Waals surface area contributed by atoms with E-state index in [-0.39, 0.29) is 5.78 Å². The van der Waals surface area contributed by atoms with Crippen LogP contribution in [0, 0.1) is 0 Å². The summed E-state index contributed by atoms with van der Waals surface area (Å²) in [5.74, 6) is 0.206. The van der Waals surface area contributed by atoms with Crippen LogP contribution in [0.5, 0.6) is 0 Å². The first-order valence-corrected chi connectivity index (χ1v) is 9.96. The molecule has 1 unspecified atom stereocenters. The van der Waals surface area contributed by atoms with Gasteiger partial charge in [0.25, 0.3) is 0 Å². The number of hydrogen-bond acceptors (Lipinski definition) is 2. The van der Waals surface area contributed by atoms with Crippen LogP contribution in [0.3, 0.4) is 0 Å². The largest absolute Gasteiger partial charge is 0.392 e. The number of aliphatic hydroxyl groups is 1. The standard InChI is InChI=1S/C22H36O2/c1-2-3-4-5-6-7-8-9-10-14-17-21(23)19-22(24)18-20-15-12-11-13-16-20/h11-13,15-16,22,24H,2-10,14,17-19H2,1H3. The van der Waals surface area contributed by atoms with E-state index in [9.17, 15) is 9.90 Å². The number of ketones is 1. The maximum atomic E-state index is 11.9. The van der Waals surface area contributed by atoms with Gasteiger partial charge in [-0.05, 0) is 18.4 Å². The number of benzene rings is 1. The molecular formula is C22H36O2. The Morgan fingerprint density at radius 2 is 1.42 bits per heavy atom. The highest BCUT2D eigenvalue weighted by atomic mass is 16.3. The zero-order chi connectivity index (χ0) is 17.5. The number of hydrogen-bond donors (Lipinski definition) is 1. The molecule has 0 aliphatic rings. The SMILES string of the molecule is CCCCCCCCCCCCC(=O)CC(O)Cc1ccccc1. The van der Waals surface area contributed by atoms with E-state index in [0.29, 0.717) is 19.3 Å². The smallest absolute Gasteiger partial charge is 0.135 e. The minimum Gasteiger partial charge on any atom is -0.392 e. The summed E-state index contributed by atoms with van der Waals surface area (Å²) >= 11 is 0. The molecule has 1 aromatic rings. The number of rotatable bonds is 15. The first-order valence-electron chi connectivity index (χ1n) is 9.96. The first kappa shape index (κ1) is 20.9. The topological polar surface area (TPSA) is 37.3 Å². The average Bonchev–Trinajstić information content (AvgIpc) is 2.57. The minimum atomic E-state index is -0.539. The Labute approximate surface area is 148 Å². The Kier molecular flexibility index (Phi) is 12.4. The molecule has 0 saturated carbocycles. The minimum absolute atomic E-state index is 0.206. The molecule has 0 saturated heterocycles. The lowest BCUT2D eigenvalue weighted by atomic mass is 10.0. The lowest BCUT2D eigenvalue weighted by Crippen LogP contribution is -2.16. The first-order chi connectivity index (χ1) is 11.7. The van der Waals surface area contributed by atoms with Crippen molar-refractivity contribution in [1.82, 2.24) is 0 Å². The Morgan fingerprint density at radius 1 is 0.875 bits per heavy atom. The van der Waals surface area contributed by atoms with Crippen molar-refractivity contribution in [2.24, 2.45) is 0 Å². The van der Waals surface area contributed by atoms with Gasteiger partial charge in [0.1, 0.15) is 5.78 Å². The zero-order valence-electron chi connectivity index (χ0n) is 15.5. The van der Waals surface area contributed by atoms with Crippen molar-refractivity contribution in [1.29, 1.82) is 0 Å². The fourth-order valence-electron chi connectivity index (χ4n) is 3.13. The molecule has 24 heavy (non-hydrogen) atoms. The molecule has 1 N–H and O–H groups in total. The molecule has 1 aromatic carbocycles. The van der Waals surface area contributed by atoms with E-state index < -0.39 is 6.10 Å². The quantitative estimate of drug-likeness (QED) is 0.408. The van der Waals surface area contributed by atoms with Gasteiger partial charge in [0, 0.05) is 12.8 Å². The highest BCUT2D eigenvalue weighted by molar-refractivity contribution is 5.78. The molecular weight excluding hydrogens is 296 g/mol. The van der Waals surface area contributed by atoms with E-state index in [1.807, 2.05) is 30.3 Å². The van der Waals surface area contributed by atoms with Crippen molar-refractivity contribution in [2.75, 3.05) is 0 Å². The summed E-state index contributed by atoms with van der Waals surface area (Å²) < 4.78 is 0. The molecule has 0 heterocycles. The van der Waals surface area contributed by atoms with Gasteiger partial charge in [0.15, 0.2) is 0 Å². The zero-order valence-corrected chi connectivity index (χ0v) is 15.5. The van der Waals surface area contributed by atoms with Crippen molar-refractivity contribution in [3.63, 3.8) is 0 Å². The number of unbranched alkanes of at least 4 members (excludes halogenated alkanes) is 9. The van der Waals surface area contributed by atoms with Gasteiger partial charge in [0.2, 0.25) is 0 Å². The predicted molar refractivity (Wildman–Crippen MR) is 102 cm³/mol. The number of aliphatic hydroxyl groups excluding tert-OH is 1. The van der Waals surface area contributed by atoms with Crippen LogP contribution in [-0.4, -0.2) is 17.0 Å². The molecule has 0 amide bonds. The molecule has 1 atom stereocenters. The summed E-state index contributed by atoms with van der Waals surface area (Å²) in [6.45, 7) is 2.25. The van der Waals surface area contributed by atoms with Crippen LogP contribution in [0.15, 0.2) is 30.3 Å². The third-order valence-electron chi connectivity index (χ3n) is 4.59. The second-order valence-corrected chi connectivity index (χ2v) is 7.02. The number of carbonyl (C=O) groups excluding carboxylic acids is 1. The Morgan fingerprint density at radius 3 is 2.00 bits per heavy atom. The van der Waals surface area contributed by atoms with Gasteiger partial charge in [-0.2, -0.15) is 0 Å². The van der Waals surface area contributed by atoms with Crippen molar-refractivity contribution in [3.8, 4) is 0 Å². The normalized spacial score (nSPS) is 12.2. The predicted octanol–water partition coefficient (Wildman–Crippen LogP) is 5.86. The van der Waals surface area contributed by atoms with Gasteiger partial charge in [-0.1, -0.05) is 95.0 Å². The highest BCUT2D eigenvalue weighted by Crippen LogP contribution is 2.13. The maximum absolute atomic E-state index is 11.9. The number of carbonyl (C=O) groups is 1. The van der Waals surface area contributed by atoms with Crippen molar-refractivity contribution < 1.29 is 9.90 Å².